The van der Waals surface area contributed by atoms with Crippen molar-refractivity contribution in [2.75, 3.05) is 12.0 Å². The van der Waals surface area contributed by atoms with Gasteiger partial charge in [-0.25, -0.2) is 4.18 Å². The molecule has 0 N–H and O–H groups in total. The van der Waals surface area contributed by atoms with Gasteiger partial charge in [-0.2, -0.15) is 23.8 Å². The van der Waals surface area contributed by atoms with Crippen molar-refractivity contribution < 1.29 is 26.3 Å². The third-order valence-electron chi connectivity index (χ3n) is 2.11. The first-order valence-electron chi connectivity index (χ1n) is 7.27. The highest BCUT2D eigenvalue weighted by Gasteiger charge is 2.37. The SMILES string of the molecule is CC(C)(C)OC(C)(C)OS(C)(CCC(F)(F)F)OC(C)(C)C. The van der Waals surface area contributed by atoms with Gasteiger partial charge in [0.15, 0.2) is 5.79 Å². The summed E-state index contributed by atoms with van der Waals surface area (Å²) in [5, 5.41) is 0. The largest absolute Gasteiger partial charge is 0.390 e. The second-order valence-electron chi connectivity index (χ2n) is 7.89. The van der Waals surface area contributed by atoms with Crippen LogP contribution in [0.1, 0.15) is 61.8 Å². The Kier molecular flexibility index (Phi) is 6.88. The maximum absolute atomic E-state index is 12.6. The second-order valence-corrected chi connectivity index (χ2v) is 10.5. The van der Waals surface area contributed by atoms with E-state index in [0.29, 0.717) is 0 Å². The van der Waals surface area contributed by atoms with E-state index < -0.39 is 40.2 Å². The minimum Gasteiger partial charge on any atom is -0.343 e. The van der Waals surface area contributed by atoms with Crippen LogP contribution in [0.3, 0.4) is 0 Å². The third kappa shape index (κ3) is 11.6. The van der Waals surface area contributed by atoms with E-state index in [9.17, 15) is 13.2 Å². The number of hydrogen-bond acceptors (Lipinski definition) is 3. The van der Waals surface area contributed by atoms with Gasteiger partial charge in [-0.1, -0.05) is 0 Å². The molecule has 0 rings (SSSR count). The van der Waals surface area contributed by atoms with Crippen LogP contribution in [-0.2, 0) is 13.1 Å². The fraction of sp³-hybridized carbons (Fsp3) is 1.00. The van der Waals surface area contributed by atoms with Gasteiger partial charge in [0.1, 0.15) is 0 Å². The number of alkyl halides is 3. The number of hydrogen-bond donors (Lipinski definition) is 0. The first-order valence-corrected chi connectivity index (χ1v) is 9.33. The first kappa shape index (κ1) is 22.0. The van der Waals surface area contributed by atoms with Crippen molar-refractivity contribution >= 4 is 10.6 Å². The normalized spacial score (nSPS) is 18.9. The highest BCUT2D eigenvalue weighted by atomic mass is 32.3. The molecule has 0 heterocycles. The van der Waals surface area contributed by atoms with Gasteiger partial charge in [0.05, 0.1) is 17.6 Å². The molecule has 0 bridgehead atoms. The van der Waals surface area contributed by atoms with Crippen molar-refractivity contribution in [1.82, 2.24) is 0 Å². The lowest BCUT2D eigenvalue weighted by Gasteiger charge is -2.49. The van der Waals surface area contributed by atoms with E-state index in [0.717, 1.165) is 0 Å². The standard InChI is InChI=1S/C15H31F3O3S/c1-12(2,3)19-14(7,8)21-22(9,20-13(4,5)6)11-10-15(16,17)18/h10-11H2,1-9H3. The lowest BCUT2D eigenvalue weighted by molar-refractivity contribution is -0.213. The van der Waals surface area contributed by atoms with Crippen LogP contribution < -0.4 is 0 Å². The summed E-state index contributed by atoms with van der Waals surface area (Å²) in [6, 6.07) is 0. The topological polar surface area (TPSA) is 27.7 Å². The molecule has 0 saturated heterocycles. The Labute approximate surface area is 134 Å². The maximum atomic E-state index is 12.6. The first-order chi connectivity index (χ1) is 9.33. The van der Waals surface area contributed by atoms with Gasteiger partial charge >= 0.3 is 6.18 Å². The molecule has 0 aromatic heterocycles. The predicted molar refractivity (Wildman–Crippen MR) is 85.9 cm³/mol. The number of rotatable bonds is 6. The van der Waals surface area contributed by atoms with Crippen molar-refractivity contribution in [2.24, 2.45) is 0 Å². The molecule has 0 fully saturated rings. The molecule has 0 aliphatic carbocycles. The molecule has 0 amide bonds. The van der Waals surface area contributed by atoms with Crippen LogP contribution in [0.15, 0.2) is 0 Å². The van der Waals surface area contributed by atoms with Crippen LogP contribution in [0.2, 0.25) is 0 Å². The summed E-state index contributed by atoms with van der Waals surface area (Å²) in [6.07, 6.45) is -3.58. The third-order valence-corrected chi connectivity index (χ3v) is 4.66. The quantitative estimate of drug-likeness (QED) is 0.586. The zero-order chi connectivity index (χ0) is 18.0. The highest BCUT2D eigenvalue weighted by molar-refractivity contribution is 8.25. The summed E-state index contributed by atoms with van der Waals surface area (Å²) in [5.41, 5.74) is -1.08. The Balaban J connectivity index is 5.15. The van der Waals surface area contributed by atoms with Gasteiger partial charge in [0, 0.05) is 12.0 Å². The second kappa shape index (κ2) is 6.87. The fourth-order valence-corrected chi connectivity index (χ4v) is 4.85. The van der Waals surface area contributed by atoms with Gasteiger partial charge in [-0.15, -0.1) is 0 Å². The van der Waals surface area contributed by atoms with Gasteiger partial charge in [0.25, 0.3) is 0 Å². The molecule has 0 saturated carbocycles. The molecule has 0 aliphatic rings. The number of halogens is 3. The molecule has 0 aliphatic heterocycles. The summed E-state index contributed by atoms with van der Waals surface area (Å²) in [7, 11) is -2.41. The summed E-state index contributed by atoms with van der Waals surface area (Å²) in [6.45, 7) is 14.4. The number of ether oxygens (including phenoxy) is 1. The van der Waals surface area contributed by atoms with Crippen molar-refractivity contribution in [3.63, 3.8) is 0 Å². The summed E-state index contributed by atoms with van der Waals surface area (Å²) in [4.78, 5) is 0. The van der Waals surface area contributed by atoms with Gasteiger partial charge in [0.2, 0.25) is 0 Å². The van der Waals surface area contributed by atoms with Crippen molar-refractivity contribution in [3.05, 3.63) is 0 Å². The minimum atomic E-state index is -4.24. The summed E-state index contributed by atoms with van der Waals surface area (Å²) >= 11 is 0. The lowest BCUT2D eigenvalue weighted by Crippen LogP contribution is -2.40. The van der Waals surface area contributed by atoms with Crippen molar-refractivity contribution in [3.8, 4) is 0 Å². The van der Waals surface area contributed by atoms with Crippen LogP contribution in [0.5, 0.6) is 0 Å². The Morgan fingerprint density at radius 1 is 0.773 bits per heavy atom. The van der Waals surface area contributed by atoms with E-state index in [4.69, 9.17) is 13.1 Å². The van der Waals surface area contributed by atoms with Gasteiger partial charge in [-0.3, -0.25) is 4.18 Å². The predicted octanol–water partition coefficient (Wildman–Crippen LogP) is 5.59. The monoisotopic (exact) mass is 348 g/mol. The molecule has 0 aromatic rings. The summed E-state index contributed by atoms with van der Waals surface area (Å²) < 4.78 is 55.4. The van der Waals surface area contributed by atoms with E-state index in [1.165, 1.54) is 0 Å². The smallest absolute Gasteiger partial charge is 0.343 e. The van der Waals surface area contributed by atoms with Crippen LogP contribution in [-0.4, -0.2) is 35.2 Å². The van der Waals surface area contributed by atoms with E-state index in [1.807, 2.05) is 20.8 Å². The molecular formula is C15H31F3O3S. The van der Waals surface area contributed by atoms with E-state index in [1.54, 1.807) is 40.9 Å². The molecule has 22 heavy (non-hydrogen) atoms. The molecular weight excluding hydrogens is 317 g/mol. The van der Waals surface area contributed by atoms with Crippen LogP contribution in [0.4, 0.5) is 13.2 Å². The minimum absolute atomic E-state index is 0.218. The van der Waals surface area contributed by atoms with E-state index in [2.05, 4.69) is 0 Å². The Morgan fingerprint density at radius 2 is 1.23 bits per heavy atom. The van der Waals surface area contributed by atoms with Crippen molar-refractivity contribution in [2.45, 2.75) is 85.0 Å². The average molecular weight is 348 g/mol. The van der Waals surface area contributed by atoms with Crippen LogP contribution in [0, 0.1) is 0 Å². The Hall–Kier alpha value is 0.0200. The Morgan fingerprint density at radius 3 is 1.55 bits per heavy atom. The molecule has 0 aromatic carbocycles. The molecule has 0 radical (unpaired) electrons. The zero-order valence-electron chi connectivity index (χ0n) is 15.2. The average Bonchev–Trinajstić information content (AvgIpc) is 2.04. The molecule has 0 spiro atoms. The van der Waals surface area contributed by atoms with Crippen LogP contribution in [0.25, 0.3) is 0 Å². The highest BCUT2D eigenvalue weighted by Crippen LogP contribution is 2.54. The van der Waals surface area contributed by atoms with Gasteiger partial charge in [-0.05, 0) is 55.4 Å². The molecule has 3 nitrogen and oxygen atoms in total. The zero-order valence-corrected chi connectivity index (χ0v) is 16.0. The molecule has 136 valence electrons. The molecule has 1 atom stereocenters. The Bertz CT molecular complexity index is 357. The maximum Gasteiger partial charge on any atom is 0.390 e. The lowest BCUT2D eigenvalue weighted by atomic mass is 10.2. The van der Waals surface area contributed by atoms with E-state index in [-0.39, 0.29) is 5.75 Å². The fourth-order valence-electron chi connectivity index (χ4n) is 2.11. The van der Waals surface area contributed by atoms with Gasteiger partial charge < -0.3 is 4.74 Å². The van der Waals surface area contributed by atoms with E-state index >= 15 is 0 Å². The molecule has 7 heteroatoms. The van der Waals surface area contributed by atoms with Crippen LogP contribution >= 0.6 is 10.6 Å². The van der Waals surface area contributed by atoms with Crippen molar-refractivity contribution in [1.29, 1.82) is 0 Å². The summed E-state index contributed by atoms with van der Waals surface area (Å²) in [5.74, 6) is -1.26. The molecule has 1 unspecified atom stereocenters.